The molecular formula is C16H24O. The van der Waals surface area contributed by atoms with Crippen molar-refractivity contribution in [2.45, 2.75) is 46.1 Å². The van der Waals surface area contributed by atoms with Gasteiger partial charge in [-0.3, -0.25) is 0 Å². The van der Waals surface area contributed by atoms with E-state index in [4.69, 9.17) is 4.74 Å². The molecule has 0 aromatic heterocycles. The summed E-state index contributed by atoms with van der Waals surface area (Å²) in [6.45, 7) is 6.25. The van der Waals surface area contributed by atoms with Gasteiger partial charge in [0.05, 0.1) is 6.61 Å². The molecule has 0 radical (unpaired) electrons. The molecule has 0 unspecified atom stereocenters. The van der Waals surface area contributed by atoms with Gasteiger partial charge in [-0.1, -0.05) is 44.5 Å². The molecule has 1 heteroatoms. The summed E-state index contributed by atoms with van der Waals surface area (Å²) in [5, 5.41) is 0. The van der Waals surface area contributed by atoms with E-state index in [9.17, 15) is 0 Å². The van der Waals surface area contributed by atoms with Crippen molar-refractivity contribution in [3.8, 4) is 0 Å². The predicted octanol–water partition coefficient (Wildman–Crippen LogP) is 4.20. The Morgan fingerprint density at radius 2 is 1.76 bits per heavy atom. The van der Waals surface area contributed by atoms with Crippen molar-refractivity contribution in [2.24, 2.45) is 11.8 Å². The fourth-order valence-electron chi connectivity index (χ4n) is 2.25. The lowest BCUT2D eigenvalue weighted by Crippen LogP contribution is -2.17. The molecule has 0 spiro atoms. The van der Waals surface area contributed by atoms with E-state index >= 15 is 0 Å². The van der Waals surface area contributed by atoms with E-state index in [-0.39, 0.29) is 0 Å². The molecule has 0 heterocycles. The Morgan fingerprint density at radius 3 is 2.29 bits per heavy atom. The highest BCUT2D eigenvalue weighted by molar-refractivity contribution is 5.22. The van der Waals surface area contributed by atoms with Crippen molar-refractivity contribution < 1.29 is 4.74 Å². The third-order valence-electron chi connectivity index (χ3n) is 3.51. The van der Waals surface area contributed by atoms with Gasteiger partial charge in [0.25, 0.3) is 0 Å². The smallest absolute Gasteiger partial charge is 0.0717 e. The number of rotatable bonds is 6. The Morgan fingerprint density at radius 1 is 1.12 bits per heavy atom. The molecule has 1 aromatic carbocycles. The van der Waals surface area contributed by atoms with E-state index in [0.29, 0.717) is 0 Å². The van der Waals surface area contributed by atoms with Gasteiger partial charge in [-0.05, 0) is 42.2 Å². The van der Waals surface area contributed by atoms with Crippen LogP contribution in [0.4, 0.5) is 0 Å². The van der Waals surface area contributed by atoms with Crippen LogP contribution in [0.3, 0.4) is 0 Å². The highest BCUT2D eigenvalue weighted by Gasteiger charge is 2.16. The average molecular weight is 232 g/mol. The molecular weight excluding hydrogens is 208 g/mol. The first kappa shape index (κ1) is 12.6. The molecule has 1 aromatic rings. The second-order valence-corrected chi connectivity index (χ2v) is 5.73. The fraction of sp³-hybridized carbons (Fsp3) is 0.625. The monoisotopic (exact) mass is 232 g/mol. The molecule has 0 bridgehead atoms. The Balaban J connectivity index is 1.72. The summed E-state index contributed by atoms with van der Waals surface area (Å²) < 4.78 is 5.74. The number of ether oxygens (including phenoxy) is 1. The van der Waals surface area contributed by atoms with Gasteiger partial charge in [0.15, 0.2) is 0 Å². The number of hydrogen-bond acceptors (Lipinski definition) is 1. The quantitative estimate of drug-likeness (QED) is 0.714. The molecule has 1 aliphatic rings. The molecule has 1 aliphatic carbocycles. The van der Waals surface area contributed by atoms with Crippen molar-refractivity contribution >= 4 is 0 Å². The van der Waals surface area contributed by atoms with E-state index in [2.05, 4.69) is 38.1 Å². The average Bonchev–Trinajstić information content (AvgIpc) is 2.23. The van der Waals surface area contributed by atoms with Gasteiger partial charge in [0, 0.05) is 6.61 Å². The molecule has 2 rings (SSSR count). The summed E-state index contributed by atoms with van der Waals surface area (Å²) in [5.41, 5.74) is 2.74. The molecule has 94 valence electrons. The Labute approximate surface area is 105 Å². The summed E-state index contributed by atoms with van der Waals surface area (Å²) in [4.78, 5) is 0. The lowest BCUT2D eigenvalue weighted by atomic mass is 9.86. The zero-order valence-electron chi connectivity index (χ0n) is 11.1. The Bertz CT molecular complexity index is 322. The molecule has 1 nitrogen and oxygen atoms in total. The van der Waals surface area contributed by atoms with Crippen LogP contribution in [0.2, 0.25) is 0 Å². The molecule has 0 N–H and O–H groups in total. The minimum atomic E-state index is 0.732. The van der Waals surface area contributed by atoms with E-state index in [1.54, 1.807) is 0 Å². The largest absolute Gasteiger partial charge is 0.376 e. The van der Waals surface area contributed by atoms with Gasteiger partial charge < -0.3 is 4.74 Å². The first-order valence-corrected chi connectivity index (χ1v) is 6.89. The highest BCUT2D eigenvalue weighted by Crippen LogP contribution is 2.26. The zero-order chi connectivity index (χ0) is 12.1. The molecule has 17 heavy (non-hydrogen) atoms. The fourth-order valence-corrected chi connectivity index (χ4v) is 2.25. The van der Waals surface area contributed by atoms with Crippen LogP contribution < -0.4 is 0 Å². The van der Waals surface area contributed by atoms with Crippen LogP contribution in [0.25, 0.3) is 0 Å². The highest BCUT2D eigenvalue weighted by atomic mass is 16.5. The maximum Gasteiger partial charge on any atom is 0.0717 e. The van der Waals surface area contributed by atoms with Crippen LogP contribution in [-0.2, 0) is 17.8 Å². The van der Waals surface area contributed by atoms with Crippen molar-refractivity contribution in [3.63, 3.8) is 0 Å². The minimum absolute atomic E-state index is 0.732. The van der Waals surface area contributed by atoms with Gasteiger partial charge in [0.2, 0.25) is 0 Å². The third kappa shape index (κ3) is 4.16. The van der Waals surface area contributed by atoms with Crippen LogP contribution in [0.15, 0.2) is 24.3 Å². The summed E-state index contributed by atoms with van der Waals surface area (Å²) in [7, 11) is 0. The summed E-state index contributed by atoms with van der Waals surface area (Å²) in [5.74, 6) is 1.57. The zero-order valence-corrected chi connectivity index (χ0v) is 11.1. The van der Waals surface area contributed by atoms with Crippen molar-refractivity contribution in [1.29, 1.82) is 0 Å². The second kappa shape index (κ2) is 6.20. The number of benzene rings is 1. The first-order chi connectivity index (χ1) is 8.24. The van der Waals surface area contributed by atoms with E-state index in [1.807, 2.05) is 0 Å². The lowest BCUT2D eigenvalue weighted by Gasteiger charge is -2.24. The minimum Gasteiger partial charge on any atom is -0.376 e. The molecule has 0 amide bonds. The van der Waals surface area contributed by atoms with E-state index in [0.717, 1.165) is 25.0 Å². The van der Waals surface area contributed by atoms with Gasteiger partial charge in [-0.2, -0.15) is 0 Å². The van der Waals surface area contributed by atoms with Crippen LogP contribution in [0.1, 0.15) is 44.2 Å². The van der Waals surface area contributed by atoms with Crippen molar-refractivity contribution in [1.82, 2.24) is 0 Å². The third-order valence-corrected chi connectivity index (χ3v) is 3.51. The Kier molecular flexibility index (Phi) is 4.61. The van der Waals surface area contributed by atoms with Gasteiger partial charge in [-0.25, -0.2) is 0 Å². The topological polar surface area (TPSA) is 9.23 Å². The van der Waals surface area contributed by atoms with Crippen LogP contribution in [0.5, 0.6) is 0 Å². The normalized spacial score (nSPS) is 16.2. The van der Waals surface area contributed by atoms with Crippen molar-refractivity contribution in [2.75, 3.05) is 6.61 Å². The van der Waals surface area contributed by atoms with Gasteiger partial charge in [-0.15, -0.1) is 0 Å². The second-order valence-electron chi connectivity index (χ2n) is 5.73. The first-order valence-electron chi connectivity index (χ1n) is 6.89. The summed E-state index contributed by atoms with van der Waals surface area (Å²) in [6, 6.07) is 8.89. The van der Waals surface area contributed by atoms with Crippen molar-refractivity contribution in [3.05, 3.63) is 35.4 Å². The summed E-state index contributed by atoms with van der Waals surface area (Å²) in [6.07, 6.45) is 5.31. The Hall–Kier alpha value is -0.820. The molecule has 0 aliphatic heterocycles. The standard InChI is InChI=1S/C16H24O/c1-13(2)10-14-6-8-16(9-7-14)12-17-11-15-4-3-5-15/h6-9,13,15H,3-5,10-12H2,1-2H3. The van der Waals surface area contributed by atoms with Gasteiger partial charge >= 0.3 is 0 Å². The van der Waals surface area contributed by atoms with Crippen LogP contribution in [0, 0.1) is 11.8 Å². The predicted molar refractivity (Wildman–Crippen MR) is 72.0 cm³/mol. The SMILES string of the molecule is CC(C)Cc1ccc(COCC2CCC2)cc1. The molecule has 0 saturated heterocycles. The number of hydrogen-bond donors (Lipinski definition) is 0. The summed E-state index contributed by atoms with van der Waals surface area (Å²) >= 11 is 0. The van der Waals surface area contributed by atoms with E-state index in [1.165, 1.54) is 36.8 Å². The van der Waals surface area contributed by atoms with Gasteiger partial charge in [0.1, 0.15) is 0 Å². The van der Waals surface area contributed by atoms with Crippen LogP contribution in [-0.4, -0.2) is 6.61 Å². The maximum atomic E-state index is 5.74. The molecule has 1 fully saturated rings. The molecule has 0 atom stereocenters. The lowest BCUT2D eigenvalue weighted by molar-refractivity contribution is 0.0596. The molecule has 1 saturated carbocycles. The van der Waals surface area contributed by atoms with E-state index < -0.39 is 0 Å². The van der Waals surface area contributed by atoms with Crippen LogP contribution >= 0.6 is 0 Å². The maximum absolute atomic E-state index is 5.74.